The van der Waals surface area contributed by atoms with Gasteiger partial charge in [0, 0.05) is 18.2 Å². The normalized spacial score (nSPS) is 14.0. The van der Waals surface area contributed by atoms with Crippen LogP contribution in [0.1, 0.15) is 22.8 Å². The molecule has 1 fully saturated rings. The number of hydrogen-bond acceptors (Lipinski definition) is 4. The van der Waals surface area contributed by atoms with Crippen LogP contribution < -0.4 is 10.5 Å². The van der Waals surface area contributed by atoms with E-state index < -0.39 is 0 Å². The Kier molecular flexibility index (Phi) is 4.77. The van der Waals surface area contributed by atoms with Crippen molar-refractivity contribution in [3.05, 3.63) is 65.9 Å². The second-order valence-electron chi connectivity index (χ2n) is 7.06. The van der Waals surface area contributed by atoms with Gasteiger partial charge in [-0.2, -0.15) is 5.10 Å². The van der Waals surface area contributed by atoms with Crippen molar-refractivity contribution >= 4 is 11.7 Å². The van der Waals surface area contributed by atoms with Gasteiger partial charge in [0.25, 0.3) is 5.91 Å². The molecular weight excluding hydrogens is 352 g/mol. The first-order valence-corrected chi connectivity index (χ1v) is 9.48. The van der Waals surface area contributed by atoms with Crippen LogP contribution in [0.25, 0.3) is 11.1 Å². The number of aryl methyl sites for hydroxylation is 2. The average Bonchev–Trinajstić information content (AvgIpc) is 3.03. The standard InChI is InChI=1S/C22H24N4O2/c1-3-15-7-4-5-10-20(15)28-18-13-26(14-18)22(27)17-9-6-8-16(11-17)19-12-24-25(2)21(19)23/h4-12,18H,3,13-14,23H2,1-2H3. The number of hydrogen-bond donors (Lipinski definition) is 1. The summed E-state index contributed by atoms with van der Waals surface area (Å²) in [5, 5.41) is 4.17. The molecule has 1 amide bonds. The molecule has 0 aliphatic carbocycles. The topological polar surface area (TPSA) is 73.4 Å². The number of ether oxygens (including phenoxy) is 1. The Hall–Kier alpha value is -3.28. The summed E-state index contributed by atoms with van der Waals surface area (Å²) in [6, 6.07) is 15.6. The van der Waals surface area contributed by atoms with Crippen LogP contribution in [0.3, 0.4) is 0 Å². The third-order valence-electron chi connectivity index (χ3n) is 5.19. The van der Waals surface area contributed by atoms with Crippen molar-refractivity contribution in [2.24, 2.45) is 7.05 Å². The minimum Gasteiger partial charge on any atom is -0.486 e. The van der Waals surface area contributed by atoms with E-state index >= 15 is 0 Å². The number of amides is 1. The Balaban J connectivity index is 1.43. The molecule has 4 rings (SSSR count). The third kappa shape index (κ3) is 3.33. The maximum absolute atomic E-state index is 12.8. The number of anilines is 1. The number of likely N-dealkylation sites (tertiary alicyclic amines) is 1. The van der Waals surface area contributed by atoms with E-state index in [2.05, 4.69) is 18.1 Å². The lowest BCUT2D eigenvalue weighted by Crippen LogP contribution is -2.56. The molecule has 6 heteroatoms. The first kappa shape index (κ1) is 18.1. The molecule has 0 spiro atoms. The van der Waals surface area contributed by atoms with Gasteiger partial charge >= 0.3 is 0 Å². The van der Waals surface area contributed by atoms with Crippen molar-refractivity contribution in [2.45, 2.75) is 19.4 Å². The summed E-state index contributed by atoms with van der Waals surface area (Å²) in [4.78, 5) is 14.7. The molecule has 0 radical (unpaired) electrons. The zero-order valence-electron chi connectivity index (χ0n) is 16.1. The summed E-state index contributed by atoms with van der Waals surface area (Å²) in [7, 11) is 1.80. The van der Waals surface area contributed by atoms with Gasteiger partial charge in [0.1, 0.15) is 17.7 Å². The van der Waals surface area contributed by atoms with Gasteiger partial charge in [-0.15, -0.1) is 0 Å². The molecule has 144 valence electrons. The van der Waals surface area contributed by atoms with Crippen LogP contribution in [0.5, 0.6) is 5.75 Å². The van der Waals surface area contributed by atoms with E-state index in [4.69, 9.17) is 10.5 Å². The van der Waals surface area contributed by atoms with E-state index in [0.29, 0.717) is 24.5 Å². The van der Waals surface area contributed by atoms with Crippen molar-refractivity contribution in [1.82, 2.24) is 14.7 Å². The fraction of sp³-hybridized carbons (Fsp3) is 0.273. The second-order valence-corrected chi connectivity index (χ2v) is 7.06. The van der Waals surface area contributed by atoms with E-state index in [0.717, 1.165) is 23.3 Å². The smallest absolute Gasteiger partial charge is 0.254 e. The Morgan fingerprint density at radius 1 is 1.21 bits per heavy atom. The van der Waals surface area contributed by atoms with Gasteiger partial charge in [0.15, 0.2) is 0 Å². The highest BCUT2D eigenvalue weighted by Crippen LogP contribution is 2.27. The van der Waals surface area contributed by atoms with Crippen molar-refractivity contribution < 1.29 is 9.53 Å². The summed E-state index contributed by atoms with van der Waals surface area (Å²) in [5.41, 5.74) is 9.62. The molecule has 2 heterocycles. The van der Waals surface area contributed by atoms with Crippen LogP contribution in [-0.4, -0.2) is 39.8 Å². The summed E-state index contributed by atoms with van der Waals surface area (Å²) in [6.07, 6.45) is 2.68. The van der Waals surface area contributed by atoms with Gasteiger partial charge in [0.2, 0.25) is 0 Å². The molecule has 6 nitrogen and oxygen atoms in total. The van der Waals surface area contributed by atoms with Gasteiger partial charge in [0.05, 0.1) is 19.3 Å². The molecule has 2 N–H and O–H groups in total. The molecule has 1 aliphatic heterocycles. The fourth-order valence-electron chi connectivity index (χ4n) is 3.44. The number of carbonyl (C=O) groups excluding carboxylic acids is 1. The number of para-hydroxylation sites is 1. The molecule has 1 saturated heterocycles. The van der Waals surface area contributed by atoms with Crippen LogP contribution in [-0.2, 0) is 13.5 Å². The maximum Gasteiger partial charge on any atom is 0.254 e. The van der Waals surface area contributed by atoms with E-state index in [1.165, 1.54) is 5.56 Å². The summed E-state index contributed by atoms with van der Waals surface area (Å²) in [5.74, 6) is 1.50. The number of nitrogen functional groups attached to an aromatic ring is 1. The van der Waals surface area contributed by atoms with E-state index in [1.54, 1.807) is 17.9 Å². The lowest BCUT2D eigenvalue weighted by Gasteiger charge is -2.39. The maximum atomic E-state index is 12.8. The van der Waals surface area contributed by atoms with Crippen LogP contribution in [0.15, 0.2) is 54.7 Å². The van der Waals surface area contributed by atoms with Gasteiger partial charge in [-0.05, 0) is 35.7 Å². The monoisotopic (exact) mass is 376 g/mol. The van der Waals surface area contributed by atoms with Crippen molar-refractivity contribution in [1.29, 1.82) is 0 Å². The lowest BCUT2D eigenvalue weighted by molar-refractivity contribution is 0.0174. The van der Waals surface area contributed by atoms with E-state index in [1.807, 2.05) is 47.4 Å². The molecule has 1 aliphatic rings. The van der Waals surface area contributed by atoms with Crippen LogP contribution >= 0.6 is 0 Å². The van der Waals surface area contributed by atoms with E-state index in [9.17, 15) is 4.79 Å². The summed E-state index contributed by atoms with van der Waals surface area (Å²) < 4.78 is 7.70. The Morgan fingerprint density at radius 3 is 2.71 bits per heavy atom. The molecule has 1 aromatic heterocycles. The molecule has 0 saturated carbocycles. The minimum absolute atomic E-state index is 0.00735. The highest BCUT2D eigenvalue weighted by Gasteiger charge is 2.33. The van der Waals surface area contributed by atoms with Crippen molar-refractivity contribution in [2.75, 3.05) is 18.8 Å². The average molecular weight is 376 g/mol. The molecule has 2 aromatic carbocycles. The number of rotatable bonds is 5. The molecule has 0 unspecified atom stereocenters. The van der Waals surface area contributed by atoms with Crippen LogP contribution in [0.2, 0.25) is 0 Å². The number of nitrogens with zero attached hydrogens (tertiary/aromatic N) is 3. The molecule has 0 bridgehead atoms. The quantitative estimate of drug-likeness (QED) is 0.742. The zero-order chi connectivity index (χ0) is 19.7. The van der Waals surface area contributed by atoms with Crippen LogP contribution in [0, 0.1) is 0 Å². The zero-order valence-corrected chi connectivity index (χ0v) is 16.1. The fourth-order valence-corrected chi connectivity index (χ4v) is 3.44. The SMILES string of the molecule is CCc1ccccc1OC1CN(C(=O)c2cccc(-c3cnn(C)c3N)c2)C1. The third-order valence-corrected chi connectivity index (χ3v) is 5.19. The number of carbonyl (C=O) groups is 1. The number of aromatic nitrogens is 2. The molecule has 3 aromatic rings. The number of benzene rings is 2. The first-order valence-electron chi connectivity index (χ1n) is 9.48. The molecule has 0 atom stereocenters. The summed E-state index contributed by atoms with van der Waals surface area (Å²) >= 11 is 0. The van der Waals surface area contributed by atoms with Crippen LogP contribution in [0.4, 0.5) is 5.82 Å². The largest absolute Gasteiger partial charge is 0.486 e. The lowest BCUT2D eigenvalue weighted by atomic mass is 10.0. The Morgan fingerprint density at radius 2 is 2.00 bits per heavy atom. The Bertz CT molecular complexity index is 1010. The minimum atomic E-state index is 0.00735. The molecular formula is C22H24N4O2. The molecule has 28 heavy (non-hydrogen) atoms. The second kappa shape index (κ2) is 7.38. The summed E-state index contributed by atoms with van der Waals surface area (Å²) in [6.45, 7) is 3.30. The van der Waals surface area contributed by atoms with Gasteiger partial charge < -0.3 is 15.4 Å². The Labute approximate surface area is 164 Å². The predicted molar refractivity (Wildman–Crippen MR) is 109 cm³/mol. The predicted octanol–water partition coefficient (Wildman–Crippen LogP) is 3.14. The van der Waals surface area contributed by atoms with Gasteiger partial charge in [-0.3, -0.25) is 9.48 Å². The highest BCUT2D eigenvalue weighted by atomic mass is 16.5. The van der Waals surface area contributed by atoms with E-state index in [-0.39, 0.29) is 12.0 Å². The highest BCUT2D eigenvalue weighted by molar-refractivity contribution is 5.96. The van der Waals surface area contributed by atoms with Gasteiger partial charge in [-0.1, -0.05) is 37.3 Å². The number of nitrogens with two attached hydrogens (primary N) is 1. The van der Waals surface area contributed by atoms with Crippen molar-refractivity contribution in [3.8, 4) is 16.9 Å². The first-order chi connectivity index (χ1) is 13.6. The van der Waals surface area contributed by atoms with Crippen molar-refractivity contribution in [3.63, 3.8) is 0 Å². The van der Waals surface area contributed by atoms with Gasteiger partial charge in [-0.25, -0.2) is 0 Å².